The molecule has 3 unspecified atom stereocenters. The van der Waals surface area contributed by atoms with Crippen LogP contribution in [0.25, 0.3) is 6.08 Å². The molecule has 51 heavy (non-hydrogen) atoms. The lowest BCUT2D eigenvalue weighted by molar-refractivity contribution is 0.426. The lowest BCUT2D eigenvalue weighted by atomic mass is 9.74. The van der Waals surface area contributed by atoms with Gasteiger partial charge in [-0.05, 0) is 103 Å². The first kappa shape index (κ1) is 33.7. The maximum Gasteiger partial charge on any atom is 0.0775 e. The lowest BCUT2D eigenvalue weighted by Gasteiger charge is -2.35. The fourth-order valence-corrected chi connectivity index (χ4v) is 11.1. The summed E-state index contributed by atoms with van der Waals surface area (Å²) in [4.78, 5) is 5.08. The Morgan fingerprint density at radius 2 is 1.10 bits per heavy atom. The van der Waals surface area contributed by atoms with Crippen molar-refractivity contribution in [1.29, 1.82) is 0 Å². The van der Waals surface area contributed by atoms with Crippen LogP contribution in [0, 0.1) is 11.8 Å². The SMILES string of the molecule is C[Si](C)(C)c1ccc(N(C2=CCC3C=Cc4c(N(c5ccccc5)c5ccc([Si](C)(C)C)cc5)ccc5c4C3CC2CC5)c2ccccc2)cc1. The maximum atomic E-state index is 2.61. The Morgan fingerprint density at radius 1 is 0.569 bits per heavy atom. The minimum absolute atomic E-state index is 0.478. The number of aryl methyl sites for hydroxylation is 1. The molecule has 0 fully saturated rings. The van der Waals surface area contributed by atoms with Crippen molar-refractivity contribution in [2.45, 2.75) is 70.9 Å². The minimum atomic E-state index is -1.41. The lowest BCUT2D eigenvalue weighted by Crippen LogP contribution is -2.37. The van der Waals surface area contributed by atoms with Gasteiger partial charge in [0.05, 0.1) is 21.8 Å². The van der Waals surface area contributed by atoms with Gasteiger partial charge in [-0.15, -0.1) is 0 Å². The van der Waals surface area contributed by atoms with Gasteiger partial charge in [-0.3, -0.25) is 0 Å². The van der Waals surface area contributed by atoms with E-state index in [4.69, 9.17) is 0 Å². The molecule has 8 rings (SSSR count). The van der Waals surface area contributed by atoms with Crippen molar-refractivity contribution in [1.82, 2.24) is 0 Å². The third-order valence-corrected chi connectivity index (χ3v) is 15.7. The average molecular weight is 701 g/mol. The van der Waals surface area contributed by atoms with Crippen molar-refractivity contribution >= 4 is 61.0 Å². The zero-order chi connectivity index (χ0) is 35.3. The fourth-order valence-electron chi connectivity index (χ4n) is 8.77. The molecule has 0 amide bonds. The summed E-state index contributed by atoms with van der Waals surface area (Å²) in [5.41, 5.74) is 12.3. The molecule has 0 saturated carbocycles. The first-order valence-corrected chi connectivity index (χ1v) is 26.0. The maximum absolute atomic E-state index is 2.61. The molecule has 0 aromatic heterocycles. The molecular formula is C47H52N2Si2. The second-order valence-electron chi connectivity index (χ2n) is 17.0. The number of hydrogen-bond acceptors (Lipinski definition) is 2. The average Bonchev–Trinajstić information content (AvgIpc) is 3.44. The van der Waals surface area contributed by atoms with Crippen LogP contribution in [0.4, 0.5) is 28.4 Å². The van der Waals surface area contributed by atoms with Gasteiger partial charge in [-0.1, -0.05) is 135 Å². The van der Waals surface area contributed by atoms with E-state index in [9.17, 15) is 0 Å². The number of nitrogens with zero attached hydrogens (tertiary/aromatic N) is 2. The largest absolute Gasteiger partial charge is 0.314 e. The highest BCUT2D eigenvalue weighted by atomic mass is 28.3. The van der Waals surface area contributed by atoms with E-state index in [1.807, 2.05) is 0 Å². The van der Waals surface area contributed by atoms with Crippen LogP contribution in [0.15, 0.2) is 139 Å². The van der Waals surface area contributed by atoms with Gasteiger partial charge in [-0.25, -0.2) is 0 Å². The van der Waals surface area contributed by atoms with E-state index in [0.29, 0.717) is 17.8 Å². The summed E-state index contributed by atoms with van der Waals surface area (Å²) in [5, 5.41) is 3.00. The number of fused-ring (bicyclic) bond motifs is 1. The van der Waals surface area contributed by atoms with E-state index in [-0.39, 0.29) is 0 Å². The van der Waals surface area contributed by atoms with Crippen LogP contribution < -0.4 is 20.2 Å². The Bertz CT molecular complexity index is 2070. The highest BCUT2D eigenvalue weighted by molar-refractivity contribution is 6.89. The van der Waals surface area contributed by atoms with Crippen LogP contribution in [0.2, 0.25) is 39.3 Å². The Balaban J connectivity index is 1.20. The summed E-state index contributed by atoms with van der Waals surface area (Å²) < 4.78 is 0. The van der Waals surface area contributed by atoms with Crippen molar-refractivity contribution in [3.63, 3.8) is 0 Å². The van der Waals surface area contributed by atoms with Crippen molar-refractivity contribution in [3.8, 4) is 0 Å². The molecule has 3 atom stereocenters. The topological polar surface area (TPSA) is 6.48 Å². The van der Waals surface area contributed by atoms with Crippen molar-refractivity contribution < 1.29 is 0 Å². The van der Waals surface area contributed by atoms with Gasteiger partial charge in [0, 0.05) is 39.9 Å². The van der Waals surface area contributed by atoms with Crippen molar-refractivity contribution in [2.24, 2.45) is 11.8 Å². The number of hydrogen-bond donors (Lipinski definition) is 0. The van der Waals surface area contributed by atoms with Gasteiger partial charge in [0.15, 0.2) is 0 Å². The van der Waals surface area contributed by atoms with Gasteiger partial charge < -0.3 is 9.80 Å². The standard InChI is InChI=1S/C47H52N2Si2/c1-50(2,3)41-26-22-39(23-27-41)48(37-13-9-7-10-14-37)45-31-20-34-19-30-43-46(32-21-35-17-18-36(45)33-44(34)47(35)43)49(38-15-11-8-12-16-38)40-24-28-42(29-25-40)51(4,5)6/h7-16,19,21-32,34,36,44H,17-18,20,33H2,1-6H3. The van der Waals surface area contributed by atoms with Gasteiger partial charge in [-0.2, -0.15) is 0 Å². The second kappa shape index (κ2) is 13.3. The highest BCUT2D eigenvalue weighted by Gasteiger charge is 2.39. The molecule has 5 aromatic carbocycles. The van der Waals surface area contributed by atoms with Crippen LogP contribution in [0.1, 0.15) is 41.9 Å². The van der Waals surface area contributed by atoms with Crippen LogP contribution in [0.3, 0.4) is 0 Å². The van der Waals surface area contributed by atoms with Gasteiger partial charge >= 0.3 is 0 Å². The van der Waals surface area contributed by atoms with Gasteiger partial charge in [0.1, 0.15) is 0 Å². The molecule has 258 valence electrons. The molecule has 2 nitrogen and oxygen atoms in total. The van der Waals surface area contributed by atoms with Crippen LogP contribution >= 0.6 is 0 Å². The summed E-state index contributed by atoms with van der Waals surface area (Å²) in [6.45, 7) is 14.6. The Morgan fingerprint density at radius 3 is 1.67 bits per heavy atom. The zero-order valence-electron chi connectivity index (χ0n) is 31.2. The molecule has 0 aliphatic heterocycles. The Hall–Kier alpha value is -4.39. The third kappa shape index (κ3) is 6.49. The predicted molar refractivity (Wildman–Crippen MR) is 227 cm³/mol. The normalized spacial score (nSPS) is 19.5. The number of benzene rings is 5. The summed E-state index contributed by atoms with van der Waals surface area (Å²) in [6, 6.07) is 45.9. The smallest absolute Gasteiger partial charge is 0.0775 e. The first-order chi connectivity index (χ1) is 24.6. The molecule has 3 aliphatic carbocycles. The quantitative estimate of drug-likeness (QED) is 0.149. The number of anilines is 5. The molecule has 0 N–H and O–H groups in total. The van der Waals surface area contributed by atoms with Crippen molar-refractivity contribution in [3.05, 3.63) is 156 Å². The molecule has 0 radical (unpaired) electrons. The second-order valence-corrected chi connectivity index (χ2v) is 27.1. The number of allylic oxidation sites excluding steroid dienone is 3. The Labute approximate surface area is 308 Å². The molecular weight excluding hydrogens is 649 g/mol. The van der Waals surface area contributed by atoms with Gasteiger partial charge in [0.2, 0.25) is 0 Å². The van der Waals surface area contributed by atoms with E-state index in [1.165, 1.54) is 56.5 Å². The molecule has 0 spiro atoms. The molecule has 4 heteroatoms. The summed E-state index contributed by atoms with van der Waals surface area (Å²) in [7, 11) is -2.81. The molecule has 2 bridgehead atoms. The first-order valence-electron chi connectivity index (χ1n) is 19.0. The van der Waals surface area contributed by atoms with Crippen molar-refractivity contribution in [2.75, 3.05) is 9.80 Å². The van der Waals surface area contributed by atoms with Gasteiger partial charge in [0.25, 0.3) is 0 Å². The molecule has 0 saturated heterocycles. The Kier molecular flexibility index (Phi) is 8.80. The molecule has 0 heterocycles. The van der Waals surface area contributed by atoms with Crippen LogP contribution in [-0.2, 0) is 6.42 Å². The van der Waals surface area contributed by atoms with E-state index in [0.717, 1.165) is 19.3 Å². The van der Waals surface area contributed by atoms with E-state index >= 15 is 0 Å². The van der Waals surface area contributed by atoms with E-state index in [1.54, 1.807) is 11.1 Å². The van der Waals surface area contributed by atoms with E-state index < -0.39 is 16.1 Å². The van der Waals surface area contributed by atoms with E-state index in [2.05, 4.69) is 189 Å². The molecule has 5 aromatic rings. The number of para-hydroxylation sites is 2. The highest BCUT2D eigenvalue weighted by Crippen LogP contribution is 2.53. The summed E-state index contributed by atoms with van der Waals surface area (Å²) in [6.07, 6.45) is 12.1. The minimum Gasteiger partial charge on any atom is -0.314 e. The summed E-state index contributed by atoms with van der Waals surface area (Å²) >= 11 is 0. The van der Waals surface area contributed by atoms with Crippen LogP contribution in [-0.4, -0.2) is 16.1 Å². The number of rotatable bonds is 8. The third-order valence-electron chi connectivity index (χ3n) is 11.6. The zero-order valence-corrected chi connectivity index (χ0v) is 33.2. The predicted octanol–water partition coefficient (Wildman–Crippen LogP) is 12.1. The van der Waals surface area contributed by atoms with Crippen LogP contribution in [0.5, 0.6) is 0 Å². The molecule has 3 aliphatic rings. The monoisotopic (exact) mass is 700 g/mol. The fraction of sp³-hybridized carbons (Fsp3) is 0.277. The summed E-state index contributed by atoms with van der Waals surface area (Å²) in [5.74, 6) is 1.48.